The number of nitrogens with zero attached hydrogens (tertiary/aromatic N) is 1. The molecule has 1 heterocycles. The number of halogens is 1. The molecule has 0 unspecified atom stereocenters. The average Bonchev–Trinajstić information content (AvgIpc) is 2.84. The summed E-state index contributed by atoms with van der Waals surface area (Å²) in [7, 11) is -3.70. The maximum atomic E-state index is 13.0. The topological polar surface area (TPSA) is 117 Å². The molecule has 2 fully saturated rings. The maximum absolute atomic E-state index is 13.0. The minimum atomic E-state index is -3.70. The van der Waals surface area contributed by atoms with Crippen LogP contribution in [0.15, 0.2) is 29.2 Å². The van der Waals surface area contributed by atoms with Gasteiger partial charge in [-0.1, -0.05) is 0 Å². The smallest absolute Gasteiger partial charge is 0.242 e. The molecule has 3 N–H and O–H groups in total. The van der Waals surface area contributed by atoms with Gasteiger partial charge in [-0.3, -0.25) is 14.5 Å². The van der Waals surface area contributed by atoms with Crippen LogP contribution >= 0.6 is 0 Å². The maximum Gasteiger partial charge on any atom is 0.242 e. The normalized spacial score (nSPS) is 22.6. The van der Waals surface area contributed by atoms with Crippen LogP contribution in [0.3, 0.4) is 0 Å². The first-order chi connectivity index (χ1) is 16.2. The second-order valence-electron chi connectivity index (χ2n) is 9.00. The highest BCUT2D eigenvalue weighted by Crippen LogP contribution is 2.29. The number of carbonyl (C=O) groups excluding carboxylic acids is 2. The van der Waals surface area contributed by atoms with Crippen LogP contribution in [0, 0.1) is 17.7 Å². The molecule has 34 heavy (non-hydrogen) atoms. The second-order valence-corrected chi connectivity index (χ2v) is 10.8. The molecule has 0 aromatic heterocycles. The molecule has 1 aromatic rings. The summed E-state index contributed by atoms with van der Waals surface area (Å²) in [4.78, 5) is 27.2. The molecule has 1 aromatic carbocycles. The Kier molecular flexibility index (Phi) is 9.81. The number of morpholine rings is 1. The van der Waals surface area contributed by atoms with E-state index in [0.29, 0.717) is 45.4 Å². The fourth-order valence-electron chi connectivity index (χ4n) is 4.27. The van der Waals surface area contributed by atoms with E-state index >= 15 is 0 Å². The Morgan fingerprint density at radius 1 is 1.12 bits per heavy atom. The molecule has 2 aliphatic rings. The summed E-state index contributed by atoms with van der Waals surface area (Å²) in [5, 5.41) is 5.68. The van der Waals surface area contributed by atoms with Crippen molar-refractivity contribution >= 4 is 21.8 Å². The van der Waals surface area contributed by atoms with Crippen LogP contribution in [-0.4, -0.2) is 77.1 Å². The van der Waals surface area contributed by atoms with E-state index in [9.17, 15) is 22.4 Å². The molecule has 0 spiro atoms. The fraction of sp³-hybridized carbons (Fsp3) is 0.652. The van der Waals surface area contributed by atoms with Crippen LogP contribution in [0.25, 0.3) is 0 Å². The van der Waals surface area contributed by atoms with Crippen molar-refractivity contribution in [3.05, 3.63) is 30.1 Å². The Labute approximate surface area is 200 Å². The van der Waals surface area contributed by atoms with Gasteiger partial charge in [-0.05, 0) is 62.8 Å². The molecule has 0 radical (unpaired) electrons. The van der Waals surface area contributed by atoms with Crippen molar-refractivity contribution in [2.45, 2.75) is 43.5 Å². The van der Waals surface area contributed by atoms with Gasteiger partial charge in [-0.25, -0.2) is 17.5 Å². The Morgan fingerprint density at radius 2 is 1.76 bits per heavy atom. The van der Waals surface area contributed by atoms with Crippen molar-refractivity contribution < 1.29 is 27.1 Å². The summed E-state index contributed by atoms with van der Waals surface area (Å²) in [6, 6.07) is 4.09. The van der Waals surface area contributed by atoms with Crippen molar-refractivity contribution in [3.63, 3.8) is 0 Å². The van der Waals surface area contributed by atoms with Crippen LogP contribution in [0.2, 0.25) is 0 Å². The zero-order valence-electron chi connectivity index (χ0n) is 19.6. The molecule has 1 saturated heterocycles. The van der Waals surface area contributed by atoms with Gasteiger partial charge in [0.15, 0.2) is 0 Å². The summed E-state index contributed by atoms with van der Waals surface area (Å²) < 4.78 is 45.6. The van der Waals surface area contributed by atoms with E-state index in [4.69, 9.17) is 4.74 Å². The van der Waals surface area contributed by atoms with Crippen LogP contribution in [0.4, 0.5) is 4.39 Å². The summed E-state index contributed by atoms with van der Waals surface area (Å²) in [5.74, 6) is -0.893. The van der Waals surface area contributed by atoms with Crippen molar-refractivity contribution in [2.24, 2.45) is 11.8 Å². The molecule has 1 aliphatic heterocycles. The van der Waals surface area contributed by atoms with Gasteiger partial charge in [0, 0.05) is 38.6 Å². The molecule has 0 bridgehead atoms. The molecule has 3 rings (SSSR count). The third-order valence-corrected chi connectivity index (χ3v) is 7.93. The van der Waals surface area contributed by atoms with Crippen molar-refractivity contribution in [1.82, 2.24) is 20.3 Å². The SMILES string of the molecule is C[C@@H](NC(=O)C1CCC(CNS(=O)(=O)c2ccc(F)cc2)CC1)C(=O)NCCN1CCOCC1. The third kappa shape index (κ3) is 8.00. The van der Waals surface area contributed by atoms with Crippen molar-refractivity contribution in [1.29, 1.82) is 0 Å². The Bertz CT molecular complexity index is 914. The molecular formula is C23H35FN4O5S. The predicted octanol–water partition coefficient (Wildman–Crippen LogP) is 0.864. The van der Waals surface area contributed by atoms with Crippen LogP contribution in [0.1, 0.15) is 32.6 Å². The lowest BCUT2D eigenvalue weighted by Crippen LogP contribution is -2.49. The molecule has 1 atom stereocenters. The minimum absolute atomic E-state index is 0.0270. The summed E-state index contributed by atoms with van der Waals surface area (Å²) in [6.07, 6.45) is 2.70. The van der Waals surface area contributed by atoms with Gasteiger partial charge in [0.2, 0.25) is 21.8 Å². The first-order valence-electron chi connectivity index (χ1n) is 11.9. The number of ether oxygens (including phenoxy) is 1. The van der Waals surface area contributed by atoms with Crippen LogP contribution < -0.4 is 15.4 Å². The minimum Gasteiger partial charge on any atom is -0.379 e. The van der Waals surface area contributed by atoms with Crippen molar-refractivity contribution in [3.8, 4) is 0 Å². The van der Waals surface area contributed by atoms with E-state index in [2.05, 4.69) is 20.3 Å². The number of rotatable bonds is 10. The zero-order valence-corrected chi connectivity index (χ0v) is 20.4. The first kappa shape index (κ1) is 26.5. The number of nitrogens with one attached hydrogen (secondary N) is 3. The summed E-state index contributed by atoms with van der Waals surface area (Å²) in [5.41, 5.74) is 0. The van der Waals surface area contributed by atoms with E-state index in [1.165, 1.54) is 12.1 Å². The monoisotopic (exact) mass is 498 g/mol. The van der Waals surface area contributed by atoms with Gasteiger partial charge in [0.25, 0.3) is 0 Å². The van der Waals surface area contributed by atoms with Crippen molar-refractivity contribution in [2.75, 3.05) is 45.9 Å². The predicted molar refractivity (Wildman–Crippen MR) is 125 cm³/mol. The molecule has 11 heteroatoms. The van der Waals surface area contributed by atoms with Crippen LogP contribution in [-0.2, 0) is 24.3 Å². The molecule has 1 saturated carbocycles. The number of benzene rings is 1. The lowest BCUT2D eigenvalue weighted by Gasteiger charge is -2.29. The highest BCUT2D eigenvalue weighted by molar-refractivity contribution is 7.89. The summed E-state index contributed by atoms with van der Waals surface area (Å²) in [6.45, 7) is 6.37. The number of amides is 2. The standard InChI is InChI=1S/C23H35FN4O5S/c1-17(22(29)25-10-11-28-12-14-33-15-13-28)27-23(30)19-4-2-18(3-5-19)16-26-34(31,32)21-8-6-20(24)7-9-21/h6-9,17-19,26H,2-5,10-16H2,1H3,(H,25,29)(H,27,30)/t17-,18?,19?/m1/s1. The number of sulfonamides is 1. The van der Waals surface area contributed by atoms with Gasteiger partial charge in [-0.2, -0.15) is 0 Å². The van der Waals surface area contributed by atoms with E-state index < -0.39 is 21.9 Å². The van der Waals surface area contributed by atoms with E-state index in [-0.39, 0.29) is 35.1 Å². The van der Waals surface area contributed by atoms with Gasteiger partial charge < -0.3 is 15.4 Å². The molecule has 9 nitrogen and oxygen atoms in total. The van der Waals surface area contributed by atoms with E-state index in [1.807, 2.05) is 0 Å². The fourth-order valence-corrected chi connectivity index (χ4v) is 5.38. The highest BCUT2D eigenvalue weighted by atomic mass is 32.2. The Morgan fingerprint density at radius 3 is 2.41 bits per heavy atom. The second kappa shape index (κ2) is 12.6. The zero-order chi connectivity index (χ0) is 24.6. The third-order valence-electron chi connectivity index (χ3n) is 6.49. The van der Waals surface area contributed by atoms with E-state index in [1.54, 1.807) is 6.92 Å². The quantitative estimate of drug-likeness (QED) is 0.441. The van der Waals surface area contributed by atoms with Gasteiger partial charge in [0.1, 0.15) is 11.9 Å². The van der Waals surface area contributed by atoms with Gasteiger partial charge in [0.05, 0.1) is 18.1 Å². The Hall–Kier alpha value is -2.08. The highest BCUT2D eigenvalue weighted by Gasteiger charge is 2.29. The number of hydrogen-bond acceptors (Lipinski definition) is 6. The van der Waals surface area contributed by atoms with Crippen LogP contribution in [0.5, 0.6) is 0 Å². The molecule has 2 amide bonds. The molecule has 190 valence electrons. The van der Waals surface area contributed by atoms with Gasteiger partial charge >= 0.3 is 0 Å². The lowest BCUT2D eigenvalue weighted by atomic mass is 9.81. The largest absolute Gasteiger partial charge is 0.379 e. The number of carbonyl (C=O) groups is 2. The Balaban J connectivity index is 1.34. The summed E-state index contributed by atoms with van der Waals surface area (Å²) >= 11 is 0. The molecule has 1 aliphatic carbocycles. The average molecular weight is 499 g/mol. The van der Waals surface area contributed by atoms with Gasteiger partial charge in [-0.15, -0.1) is 0 Å². The van der Waals surface area contributed by atoms with E-state index in [0.717, 1.165) is 31.8 Å². The first-order valence-corrected chi connectivity index (χ1v) is 13.4. The lowest BCUT2D eigenvalue weighted by molar-refractivity contribution is -0.131. The number of hydrogen-bond donors (Lipinski definition) is 3. The molecular weight excluding hydrogens is 463 g/mol.